The monoisotopic (exact) mass is 467 g/mol. The van der Waals surface area contributed by atoms with E-state index in [-0.39, 0.29) is 11.3 Å². The standard InChI is InChI=1S/C26H30ClN3O3/c1-16-13-18(9-10-21(16)27)15-30-17(2)24(20-7-5-4-6-8-22(20)30)25(31)26(32)29-19-11-12-28-23(14-19)33-3/h9-14,16,21H,4-8,15H2,1-3H3,(H,28,29,32). The first kappa shape index (κ1) is 23.3. The normalized spacial score (nSPS) is 19.9. The van der Waals surface area contributed by atoms with Crippen LogP contribution in [0.4, 0.5) is 5.69 Å². The van der Waals surface area contributed by atoms with Crippen molar-refractivity contribution in [3.63, 3.8) is 0 Å². The number of anilines is 1. The number of carbonyl (C=O) groups excluding carboxylic acids is 2. The number of halogens is 1. The lowest BCUT2D eigenvalue weighted by molar-refractivity contribution is -0.112. The molecule has 6 nitrogen and oxygen atoms in total. The van der Waals surface area contributed by atoms with E-state index in [9.17, 15) is 9.59 Å². The zero-order valence-electron chi connectivity index (χ0n) is 19.4. The maximum atomic E-state index is 13.4. The number of hydrogen-bond acceptors (Lipinski definition) is 4. The molecule has 2 unspecified atom stereocenters. The van der Waals surface area contributed by atoms with Gasteiger partial charge in [0, 0.05) is 35.9 Å². The minimum absolute atomic E-state index is 0.00395. The minimum Gasteiger partial charge on any atom is -0.481 e. The van der Waals surface area contributed by atoms with Crippen molar-refractivity contribution in [3.8, 4) is 5.88 Å². The number of ketones is 1. The van der Waals surface area contributed by atoms with Crippen molar-refractivity contribution in [2.45, 2.75) is 57.9 Å². The van der Waals surface area contributed by atoms with Gasteiger partial charge in [-0.05, 0) is 55.7 Å². The Hall–Kier alpha value is -2.86. The molecule has 33 heavy (non-hydrogen) atoms. The van der Waals surface area contributed by atoms with Crippen LogP contribution in [-0.2, 0) is 24.2 Å². The quantitative estimate of drug-likeness (QED) is 0.280. The van der Waals surface area contributed by atoms with Crippen molar-refractivity contribution in [2.75, 3.05) is 12.4 Å². The van der Waals surface area contributed by atoms with Crippen LogP contribution in [0.1, 0.15) is 53.5 Å². The van der Waals surface area contributed by atoms with Crippen molar-refractivity contribution in [1.29, 1.82) is 0 Å². The van der Waals surface area contributed by atoms with Crippen LogP contribution >= 0.6 is 11.6 Å². The largest absolute Gasteiger partial charge is 0.481 e. The average molecular weight is 468 g/mol. The van der Waals surface area contributed by atoms with E-state index in [4.69, 9.17) is 16.3 Å². The molecule has 2 atom stereocenters. The highest BCUT2D eigenvalue weighted by atomic mass is 35.5. The third-order valence-electron chi connectivity index (χ3n) is 6.53. The number of alkyl halides is 1. The fourth-order valence-corrected chi connectivity index (χ4v) is 4.91. The molecular weight excluding hydrogens is 438 g/mol. The predicted octanol–water partition coefficient (Wildman–Crippen LogP) is 5.03. The number of nitrogens with zero attached hydrogens (tertiary/aromatic N) is 2. The highest BCUT2D eigenvalue weighted by molar-refractivity contribution is 6.47. The summed E-state index contributed by atoms with van der Waals surface area (Å²) in [6.45, 7) is 4.73. The highest BCUT2D eigenvalue weighted by Crippen LogP contribution is 2.32. The summed E-state index contributed by atoms with van der Waals surface area (Å²) < 4.78 is 7.34. The van der Waals surface area contributed by atoms with Gasteiger partial charge in [0.25, 0.3) is 11.7 Å². The molecule has 0 saturated carbocycles. The fraction of sp³-hybridized carbons (Fsp3) is 0.423. The summed E-state index contributed by atoms with van der Waals surface area (Å²) in [6.07, 6.45) is 12.8. The number of pyridine rings is 1. The Morgan fingerprint density at radius 1 is 1.27 bits per heavy atom. The van der Waals surface area contributed by atoms with Gasteiger partial charge in [-0.15, -0.1) is 11.6 Å². The van der Waals surface area contributed by atoms with E-state index in [0.717, 1.165) is 43.4 Å². The zero-order chi connectivity index (χ0) is 23.5. The molecule has 4 rings (SSSR count). The second-order valence-corrected chi connectivity index (χ2v) is 9.31. The summed E-state index contributed by atoms with van der Waals surface area (Å²) >= 11 is 6.33. The molecule has 2 aliphatic rings. The van der Waals surface area contributed by atoms with Crippen LogP contribution in [0.2, 0.25) is 0 Å². The van der Waals surface area contributed by atoms with Crippen LogP contribution in [0.5, 0.6) is 5.88 Å². The van der Waals surface area contributed by atoms with E-state index in [0.29, 0.717) is 23.7 Å². The minimum atomic E-state index is -0.647. The van der Waals surface area contributed by atoms with Crippen LogP contribution in [0.3, 0.4) is 0 Å². The third kappa shape index (κ3) is 4.91. The van der Waals surface area contributed by atoms with Crippen LogP contribution < -0.4 is 10.1 Å². The highest BCUT2D eigenvalue weighted by Gasteiger charge is 2.30. The number of nitrogens with one attached hydrogen (secondary N) is 1. The Morgan fingerprint density at radius 2 is 2.06 bits per heavy atom. The molecule has 0 bridgehead atoms. The molecule has 1 amide bonds. The Bertz CT molecular complexity index is 1130. The van der Waals surface area contributed by atoms with Crippen LogP contribution in [0.15, 0.2) is 42.1 Å². The number of carbonyl (C=O) groups is 2. The number of amides is 1. The predicted molar refractivity (Wildman–Crippen MR) is 130 cm³/mol. The van der Waals surface area contributed by atoms with Gasteiger partial charge in [0.2, 0.25) is 5.88 Å². The van der Waals surface area contributed by atoms with Crippen LogP contribution in [0.25, 0.3) is 0 Å². The molecule has 7 heteroatoms. The molecule has 174 valence electrons. The zero-order valence-corrected chi connectivity index (χ0v) is 20.1. The van der Waals surface area contributed by atoms with E-state index in [1.165, 1.54) is 24.6 Å². The number of hydrogen-bond donors (Lipinski definition) is 1. The van der Waals surface area contributed by atoms with Gasteiger partial charge in [-0.1, -0.05) is 31.6 Å². The summed E-state index contributed by atoms with van der Waals surface area (Å²) in [4.78, 5) is 30.4. The summed E-state index contributed by atoms with van der Waals surface area (Å²) in [5, 5.41) is 2.71. The molecule has 0 radical (unpaired) electrons. The Kier molecular flexibility index (Phi) is 7.03. The van der Waals surface area contributed by atoms with E-state index in [2.05, 4.69) is 33.9 Å². The molecule has 0 aromatic carbocycles. The van der Waals surface area contributed by atoms with Gasteiger partial charge in [0.1, 0.15) is 0 Å². The summed E-state index contributed by atoms with van der Waals surface area (Å²) in [5.41, 5.74) is 5.27. The maximum Gasteiger partial charge on any atom is 0.296 e. The topological polar surface area (TPSA) is 73.2 Å². The van der Waals surface area contributed by atoms with E-state index in [1.54, 1.807) is 12.1 Å². The molecule has 0 fully saturated rings. The third-order valence-corrected chi connectivity index (χ3v) is 7.08. The molecule has 1 N–H and O–H groups in total. The van der Waals surface area contributed by atoms with Gasteiger partial charge < -0.3 is 14.6 Å². The summed E-state index contributed by atoms with van der Waals surface area (Å²) in [7, 11) is 1.51. The molecule has 0 saturated heterocycles. The van der Waals surface area contributed by atoms with Crippen molar-refractivity contribution in [3.05, 3.63) is 64.6 Å². The van der Waals surface area contributed by atoms with Crippen molar-refractivity contribution in [1.82, 2.24) is 9.55 Å². The number of fused-ring (bicyclic) bond motifs is 1. The van der Waals surface area contributed by atoms with Crippen molar-refractivity contribution in [2.24, 2.45) is 5.92 Å². The summed E-state index contributed by atoms with van der Waals surface area (Å²) in [6, 6.07) is 3.23. The molecule has 2 aromatic heterocycles. The lowest BCUT2D eigenvalue weighted by atomic mass is 9.97. The second-order valence-electron chi connectivity index (χ2n) is 8.81. The SMILES string of the molecule is COc1cc(NC(=O)C(=O)c2c3c(n(CC4=CC(C)C(Cl)C=C4)c2C)CCCCC3)ccn1. The van der Waals surface area contributed by atoms with E-state index < -0.39 is 11.7 Å². The fourth-order valence-electron chi connectivity index (χ4n) is 4.77. The maximum absolute atomic E-state index is 13.4. The van der Waals surface area contributed by atoms with Crippen LogP contribution in [-0.4, -0.2) is 33.7 Å². The van der Waals surface area contributed by atoms with Crippen molar-refractivity contribution < 1.29 is 14.3 Å². The Labute approximate surface area is 199 Å². The van der Waals surface area contributed by atoms with Gasteiger partial charge in [-0.2, -0.15) is 0 Å². The van der Waals surface area contributed by atoms with Gasteiger partial charge in [0.15, 0.2) is 0 Å². The number of methoxy groups -OCH3 is 1. The summed E-state index contributed by atoms with van der Waals surface area (Å²) in [5.74, 6) is -0.516. The number of ether oxygens (including phenoxy) is 1. The smallest absolute Gasteiger partial charge is 0.296 e. The molecule has 0 aliphatic heterocycles. The first-order chi connectivity index (χ1) is 15.9. The Balaban J connectivity index is 1.66. The number of aromatic nitrogens is 2. The van der Waals surface area contributed by atoms with E-state index in [1.807, 2.05) is 13.0 Å². The Morgan fingerprint density at radius 3 is 2.82 bits per heavy atom. The number of rotatable bonds is 6. The molecular formula is C26H30ClN3O3. The number of Topliss-reactive ketones (excluding diaryl/α,β-unsaturated/α-hetero) is 1. The van der Waals surface area contributed by atoms with Gasteiger partial charge in [-0.3, -0.25) is 9.59 Å². The molecule has 2 aliphatic carbocycles. The second kappa shape index (κ2) is 9.96. The lowest BCUT2D eigenvalue weighted by Crippen LogP contribution is -2.24. The van der Waals surface area contributed by atoms with Crippen LogP contribution in [0, 0.1) is 12.8 Å². The van der Waals surface area contributed by atoms with Gasteiger partial charge >= 0.3 is 0 Å². The van der Waals surface area contributed by atoms with Gasteiger partial charge in [0.05, 0.1) is 18.1 Å². The molecule has 2 heterocycles. The average Bonchev–Trinajstić information content (AvgIpc) is 2.95. The lowest BCUT2D eigenvalue weighted by Gasteiger charge is -2.20. The molecule has 0 spiro atoms. The van der Waals surface area contributed by atoms with Crippen molar-refractivity contribution >= 4 is 29.0 Å². The first-order valence-electron chi connectivity index (χ1n) is 11.5. The molecule has 2 aromatic rings. The first-order valence-corrected chi connectivity index (χ1v) is 11.9. The number of allylic oxidation sites excluding steroid dienone is 4. The van der Waals surface area contributed by atoms with Gasteiger partial charge in [-0.25, -0.2) is 4.98 Å². The van der Waals surface area contributed by atoms with E-state index >= 15 is 0 Å².